The molecular weight excluding hydrogens is 515 g/mol. The van der Waals surface area contributed by atoms with Gasteiger partial charge in [0.1, 0.15) is 17.3 Å². The molecule has 190 valence electrons. The van der Waals surface area contributed by atoms with Crippen molar-refractivity contribution in [3.63, 3.8) is 0 Å². The van der Waals surface area contributed by atoms with E-state index in [1.165, 1.54) is 6.20 Å². The number of rotatable bonds is 8. The van der Waals surface area contributed by atoms with Gasteiger partial charge in [0.2, 0.25) is 15.9 Å². The van der Waals surface area contributed by atoms with Gasteiger partial charge in [-0.05, 0) is 44.1 Å². The summed E-state index contributed by atoms with van der Waals surface area (Å²) in [6, 6.07) is 1.36. The first kappa shape index (κ1) is 26.0. The highest BCUT2D eigenvalue weighted by molar-refractivity contribution is 7.88. The predicted octanol–water partition coefficient (Wildman–Crippen LogP) is 3.34. The lowest BCUT2D eigenvalue weighted by atomic mass is 10.0. The van der Waals surface area contributed by atoms with Crippen LogP contribution in [0.15, 0.2) is 18.5 Å². The first-order valence-electron chi connectivity index (χ1n) is 11.5. The number of anilines is 2. The zero-order valence-corrected chi connectivity index (χ0v) is 21.6. The quantitative estimate of drug-likeness (QED) is 0.462. The van der Waals surface area contributed by atoms with Crippen molar-refractivity contribution in [3.8, 4) is 11.3 Å². The fourth-order valence-corrected chi connectivity index (χ4v) is 5.58. The average Bonchev–Trinajstić information content (AvgIpc) is 3.27. The van der Waals surface area contributed by atoms with Gasteiger partial charge < -0.3 is 15.4 Å². The van der Waals surface area contributed by atoms with Gasteiger partial charge in [-0.2, -0.15) is 0 Å². The van der Waals surface area contributed by atoms with Crippen LogP contribution < -0.4 is 15.4 Å². The second kappa shape index (κ2) is 11.3. The molecule has 35 heavy (non-hydrogen) atoms. The lowest BCUT2D eigenvalue weighted by Crippen LogP contribution is -2.32. The number of hydrogen-bond donors (Lipinski definition) is 3. The van der Waals surface area contributed by atoms with E-state index in [2.05, 4.69) is 30.3 Å². The summed E-state index contributed by atoms with van der Waals surface area (Å²) in [6.45, 7) is 2.28. The summed E-state index contributed by atoms with van der Waals surface area (Å²) >= 11 is 12.7. The molecule has 1 saturated carbocycles. The van der Waals surface area contributed by atoms with Crippen LogP contribution in [0.5, 0.6) is 0 Å². The fourth-order valence-electron chi connectivity index (χ4n) is 4.38. The molecule has 1 aliphatic carbocycles. The van der Waals surface area contributed by atoms with Crippen LogP contribution in [0.2, 0.25) is 10.2 Å². The summed E-state index contributed by atoms with van der Waals surface area (Å²) in [5.74, 6) is 0.819. The van der Waals surface area contributed by atoms with Gasteiger partial charge in [-0.15, -0.1) is 0 Å². The third kappa shape index (κ3) is 7.23. The van der Waals surface area contributed by atoms with E-state index >= 15 is 0 Å². The van der Waals surface area contributed by atoms with Crippen LogP contribution in [0.1, 0.15) is 32.1 Å². The highest BCUT2D eigenvalue weighted by Crippen LogP contribution is 2.33. The predicted molar refractivity (Wildman–Crippen MR) is 135 cm³/mol. The van der Waals surface area contributed by atoms with Crippen molar-refractivity contribution in [3.05, 3.63) is 28.6 Å². The topological polar surface area (TPSA) is 135 Å². The Morgan fingerprint density at radius 3 is 2.63 bits per heavy atom. The SMILES string of the molecule is CS(=O)(=O)NC1CCC(C(=O)Nc2cc(-c3nc(NCC4CCOCC4)cnc3Cl)c(Cl)cn2)C1. The van der Waals surface area contributed by atoms with E-state index < -0.39 is 10.0 Å². The molecule has 1 aliphatic heterocycles. The zero-order valence-electron chi connectivity index (χ0n) is 19.3. The van der Waals surface area contributed by atoms with Crippen molar-refractivity contribution in [1.82, 2.24) is 19.7 Å². The molecule has 1 saturated heterocycles. The molecule has 4 rings (SSSR count). The maximum Gasteiger partial charge on any atom is 0.228 e. The molecule has 2 aromatic rings. The molecule has 3 heterocycles. The first-order chi connectivity index (χ1) is 16.7. The van der Waals surface area contributed by atoms with Crippen molar-refractivity contribution in [2.45, 2.75) is 38.1 Å². The van der Waals surface area contributed by atoms with Gasteiger partial charge >= 0.3 is 0 Å². The minimum atomic E-state index is -3.32. The molecule has 2 unspecified atom stereocenters. The van der Waals surface area contributed by atoms with Crippen LogP contribution in [0.25, 0.3) is 11.3 Å². The van der Waals surface area contributed by atoms with Gasteiger partial charge in [0.15, 0.2) is 5.15 Å². The third-order valence-electron chi connectivity index (χ3n) is 6.19. The van der Waals surface area contributed by atoms with Crippen molar-refractivity contribution >= 4 is 50.8 Å². The van der Waals surface area contributed by atoms with Crippen LogP contribution in [0.3, 0.4) is 0 Å². The number of carbonyl (C=O) groups is 1. The Morgan fingerprint density at radius 1 is 1.11 bits per heavy atom. The van der Waals surface area contributed by atoms with E-state index in [0.29, 0.717) is 53.1 Å². The monoisotopic (exact) mass is 542 g/mol. The molecule has 0 aromatic carbocycles. The molecule has 13 heteroatoms. The number of aromatic nitrogens is 3. The van der Waals surface area contributed by atoms with Crippen molar-refractivity contribution in [1.29, 1.82) is 0 Å². The molecule has 2 aliphatic rings. The Morgan fingerprint density at radius 2 is 1.89 bits per heavy atom. The minimum absolute atomic E-state index is 0.178. The van der Waals surface area contributed by atoms with Crippen molar-refractivity contribution in [2.24, 2.45) is 11.8 Å². The van der Waals surface area contributed by atoms with Gasteiger partial charge in [0.05, 0.1) is 17.5 Å². The first-order valence-corrected chi connectivity index (χ1v) is 14.1. The Hall–Kier alpha value is -2.05. The van der Waals surface area contributed by atoms with Crippen LogP contribution in [-0.2, 0) is 19.6 Å². The van der Waals surface area contributed by atoms with Crippen molar-refractivity contribution < 1.29 is 17.9 Å². The van der Waals surface area contributed by atoms with E-state index in [1.54, 1.807) is 12.3 Å². The number of pyridine rings is 1. The number of halogens is 2. The Balaban J connectivity index is 1.45. The lowest BCUT2D eigenvalue weighted by molar-refractivity contribution is -0.119. The second-order valence-corrected chi connectivity index (χ2v) is 11.5. The molecule has 2 atom stereocenters. The standard InChI is InChI=1S/C22H28Cl2N6O4S/c1-35(32,33)30-15-3-2-14(8-15)22(31)29-18-9-16(17(23)11-26-18)20-21(24)27-12-19(28-20)25-10-13-4-6-34-7-5-13/h9,11-15,30H,2-8,10H2,1H3,(H,25,28)(H,26,29,31). The Labute approximate surface area is 214 Å². The number of nitrogens with one attached hydrogen (secondary N) is 3. The van der Waals surface area contributed by atoms with E-state index in [9.17, 15) is 13.2 Å². The van der Waals surface area contributed by atoms with Crippen molar-refractivity contribution in [2.75, 3.05) is 36.6 Å². The third-order valence-corrected chi connectivity index (χ3v) is 7.53. The largest absolute Gasteiger partial charge is 0.381 e. The fraction of sp³-hybridized carbons (Fsp3) is 0.545. The number of ether oxygens (including phenoxy) is 1. The number of amides is 1. The molecule has 0 radical (unpaired) electrons. The van der Waals surface area contributed by atoms with Gasteiger partial charge in [0.25, 0.3) is 0 Å². The summed E-state index contributed by atoms with van der Waals surface area (Å²) in [7, 11) is -3.32. The highest BCUT2D eigenvalue weighted by atomic mass is 35.5. The van der Waals surface area contributed by atoms with Crippen LogP contribution in [-0.4, -0.2) is 61.3 Å². The van der Waals surface area contributed by atoms with Gasteiger partial charge in [-0.1, -0.05) is 23.2 Å². The Kier molecular flexibility index (Phi) is 8.43. The number of carbonyl (C=O) groups excluding carboxylic acids is 1. The normalized spacial score (nSPS) is 21.1. The van der Waals surface area contributed by atoms with Crippen LogP contribution >= 0.6 is 23.2 Å². The summed E-state index contributed by atoms with van der Waals surface area (Å²) in [5, 5.41) is 6.61. The summed E-state index contributed by atoms with van der Waals surface area (Å²) < 4.78 is 30.9. The van der Waals surface area contributed by atoms with Crippen LogP contribution in [0, 0.1) is 11.8 Å². The maximum absolute atomic E-state index is 12.8. The summed E-state index contributed by atoms with van der Waals surface area (Å²) in [4.78, 5) is 25.8. The van der Waals surface area contributed by atoms with Gasteiger partial charge in [-0.25, -0.2) is 28.1 Å². The van der Waals surface area contributed by atoms with Crippen LogP contribution in [0.4, 0.5) is 11.6 Å². The van der Waals surface area contributed by atoms with Gasteiger partial charge in [-0.3, -0.25) is 4.79 Å². The maximum atomic E-state index is 12.8. The Bertz CT molecular complexity index is 1180. The molecule has 1 amide bonds. The van der Waals surface area contributed by atoms with E-state index in [1.807, 2.05) is 0 Å². The lowest BCUT2D eigenvalue weighted by Gasteiger charge is -2.22. The van der Waals surface area contributed by atoms with E-state index in [-0.39, 0.29) is 23.0 Å². The molecule has 3 N–H and O–H groups in total. The summed E-state index contributed by atoms with van der Waals surface area (Å²) in [5.41, 5.74) is 0.872. The average molecular weight is 543 g/mol. The number of nitrogens with zero attached hydrogens (tertiary/aromatic N) is 3. The molecule has 0 spiro atoms. The molecule has 0 bridgehead atoms. The van der Waals surface area contributed by atoms with E-state index in [0.717, 1.165) is 38.9 Å². The molecule has 10 nitrogen and oxygen atoms in total. The number of hydrogen-bond acceptors (Lipinski definition) is 8. The molecule has 2 aromatic heterocycles. The molecule has 2 fully saturated rings. The molecular formula is C22H28Cl2N6O4S. The highest BCUT2D eigenvalue weighted by Gasteiger charge is 2.31. The van der Waals surface area contributed by atoms with E-state index in [4.69, 9.17) is 27.9 Å². The van der Waals surface area contributed by atoms with Gasteiger partial charge in [0, 0.05) is 43.5 Å². The minimum Gasteiger partial charge on any atom is -0.381 e. The smallest absolute Gasteiger partial charge is 0.228 e. The second-order valence-electron chi connectivity index (χ2n) is 8.97. The number of sulfonamides is 1. The summed E-state index contributed by atoms with van der Waals surface area (Å²) in [6.07, 6.45) is 7.71. The zero-order chi connectivity index (χ0) is 25.0.